The van der Waals surface area contributed by atoms with Gasteiger partial charge in [0, 0.05) is 36.0 Å². The van der Waals surface area contributed by atoms with Crippen molar-refractivity contribution in [1.82, 2.24) is 20.1 Å². The van der Waals surface area contributed by atoms with Crippen LogP contribution in [0.3, 0.4) is 0 Å². The van der Waals surface area contributed by atoms with E-state index in [0.29, 0.717) is 19.5 Å². The van der Waals surface area contributed by atoms with Crippen molar-refractivity contribution in [3.63, 3.8) is 0 Å². The standard InChI is InChI=1S/C16H19N5O.ClH/c17-14(16(22)18-7-9-21-8-3-6-20-21)10-12-11-19-15-5-2-1-4-13(12)15;/h1-6,8,11,14,19H,7,9-10,17H2,(H,18,22);1H/t14-;/m0./s1. The maximum absolute atomic E-state index is 12.1. The molecule has 0 saturated carbocycles. The topological polar surface area (TPSA) is 88.7 Å². The lowest BCUT2D eigenvalue weighted by atomic mass is 10.1. The van der Waals surface area contributed by atoms with Crippen LogP contribution in [-0.2, 0) is 17.8 Å². The van der Waals surface area contributed by atoms with Crippen LogP contribution in [0.4, 0.5) is 0 Å². The molecule has 0 fully saturated rings. The molecule has 1 amide bonds. The Kier molecular flexibility index (Phi) is 5.78. The van der Waals surface area contributed by atoms with E-state index in [9.17, 15) is 4.79 Å². The van der Waals surface area contributed by atoms with Crippen LogP contribution in [0.5, 0.6) is 0 Å². The van der Waals surface area contributed by atoms with Crippen LogP contribution in [0.25, 0.3) is 10.9 Å². The third-order valence-electron chi connectivity index (χ3n) is 3.65. The van der Waals surface area contributed by atoms with Gasteiger partial charge in [-0.05, 0) is 24.1 Å². The number of nitrogens with zero attached hydrogens (tertiary/aromatic N) is 2. The van der Waals surface area contributed by atoms with Gasteiger partial charge in [-0.3, -0.25) is 9.48 Å². The predicted octanol–water partition coefficient (Wildman–Crippen LogP) is 1.47. The first-order valence-electron chi connectivity index (χ1n) is 7.30. The number of benzene rings is 1. The second kappa shape index (κ2) is 7.80. The average molecular weight is 334 g/mol. The summed E-state index contributed by atoms with van der Waals surface area (Å²) in [6.45, 7) is 1.15. The molecule has 0 aliphatic heterocycles. The van der Waals surface area contributed by atoms with Crippen molar-refractivity contribution in [2.45, 2.75) is 19.0 Å². The molecule has 7 heteroatoms. The predicted molar refractivity (Wildman–Crippen MR) is 92.5 cm³/mol. The number of para-hydroxylation sites is 1. The van der Waals surface area contributed by atoms with Crippen molar-refractivity contribution in [2.75, 3.05) is 6.54 Å². The van der Waals surface area contributed by atoms with Gasteiger partial charge in [0.05, 0.1) is 12.6 Å². The van der Waals surface area contributed by atoms with Crippen molar-refractivity contribution in [2.24, 2.45) is 5.73 Å². The van der Waals surface area contributed by atoms with Crippen molar-refractivity contribution in [1.29, 1.82) is 0 Å². The molecule has 4 N–H and O–H groups in total. The molecule has 0 saturated heterocycles. The molecule has 6 nitrogen and oxygen atoms in total. The van der Waals surface area contributed by atoms with Gasteiger partial charge in [-0.15, -0.1) is 12.4 Å². The number of H-pyrrole nitrogens is 1. The van der Waals surface area contributed by atoms with E-state index in [1.807, 2.05) is 42.7 Å². The highest BCUT2D eigenvalue weighted by Crippen LogP contribution is 2.18. The van der Waals surface area contributed by atoms with E-state index in [1.165, 1.54) is 0 Å². The Morgan fingerprint density at radius 3 is 2.96 bits per heavy atom. The molecule has 0 aliphatic carbocycles. The van der Waals surface area contributed by atoms with E-state index in [-0.39, 0.29) is 18.3 Å². The zero-order valence-electron chi connectivity index (χ0n) is 12.6. The van der Waals surface area contributed by atoms with Crippen LogP contribution in [0, 0.1) is 0 Å². The number of halogens is 1. The highest BCUT2D eigenvalue weighted by atomic mass is 35.5. The Balaban J connectivity index is 0.00000192. The summed E-state index contributed by atoms with van der Waals surface area (Å²) in [5, 5.41) is 8.04. The zero-order chi connectivity index (χ0) is 15.4. The maximum atomic E-state index is 12.1. The normalized spacial score (nSPS) is 11.9. The second-order valence-electron chi connectivity index (χ2n) is 5.23. The van der Waals surface area contributed by atoms with Crippen LogP contribution in [0.1, 0.15) is 5.56 Å². The van der Waals surface area contributed by atoms with Crippen LogP contribution in [0.15, 0.2) is 48.9 Å². The van der Waals surface area contributed by atoms with E-state index in [1.54, 1.807) is 10.9 Å². The van der Waals surface area contributed by atoms with Gasteiger partial charge in [0.1, 0.15) is 0 Å². The fourth-order valence-corrected chi connectivity index (χ4v) is 2.49. The van der Waals surface area contributed by atoms with Crippen molar-refractivity contribution >= 4 is 29.2 Å². The number of carbonyl (C=O) groups excluding carboxylic acids is 1. The average Bonchev–Trinajstić information content (AvgIpc) is 3.17. The van der Waals surface area contributed by atoms with Crippen molar-refractivity contribution in [3.8, 4) is 0 Å². The Bertz CT molecular complexity index is 753. The molecule has 2 heterocycles. The summed E-state index contributed by atoms with van der Waals surface area (Å²) in [4.78, 5) is 15.3. The molecule has 0 spiro atoms. The number of amides is 1. The summed E-state index contributed by atoms with van der Waals surface area (Å²) in [7, 11) is 0. The molecule has 0 radical (unpaired) electrons. The van der Waals surface area contributed by atoms with E-state index in [0.717, 1.165) is 16.5 Å². The number of carbonyl (C=O) groups is 1. The summed E-state index contributed by atoms with van der Waals surface area (Å²) in [5.74, 6) is -0.141. The first-order chi connectivity index (χ1) is 10.7. The Morgan fingerprint density at radius 2 is 2.17 bits per heavy atom. The number of hydrogen-bond donors (Lipinski definition) is 3. The van der Waals surface area contributed by atoms with Gasteiger partial charge in [0.2, 0.25) is 5.91 Å². The minimum absolute atomic E-state index is 0. The highest BCUT2D eigenvalue weighted by molar-refractivity contribution is 5.86. The SMILES string of the molecule is Cl.N[C@@H](Cc1c[nH]c2ccccc12)C(=O)NCCn1cccn1. The molecule has 0 aliphatic rings. The number of rotatable bonds is 6. The van der Waals surface area contributed by atoms with Crippen molar-refractivity contribution in [3.05, 3.63) is 54.5 Å². The number of nitrogens with one attached hydrogen (secondary N) is 2. The lowest BCUT2D eigenvalue weighted by molar-refractivity contribution is -0.122. The summed E-state index contributed by atoms with van der Waals surface area (Å²) >= 11 is 0. The number of aromatic amines is 1. The van der Waals surface area contributed by atoms with E-state index in [4.69, 9.17) is 5.73 Å². The van der Waals surface area contributed by atoms with Crippen molar-refractivity contribution < 1.29 is 4.79 Å². The van der Waals surface area contributed by atoms with Gasteiger partial charge in [-0.2, -0.15) is 5.10 Å². The summed E-state index contributed by atoms with van der Waals surface area (Å²) in [6, 6.07) is 9.29. The van der Waals surface area contributed by atoms with Gasteiger partial charge in [-0.25, -0.2) is 0 Å². The zero-order valence-corrected chi connectivity index (χ0v) is 13.4. The summed E-state index contributed by atoms with van der Waals surface area (Å²) in [6.07, 6.45) is 6.00. The van der Waals surface area contributed by atoms with E-state index in [2.05, 4.69) is 15.4 Å². The number of aromatic nitrogens is 3. The van der Waals surface area contributed by atoms with Crippen LogP contribution in [0.2, 0.25) is 0 Å². The Hall–Kier alpha value is -2.31. The molecule has 1 aromatic carbocycles. The molecule has 23 heavy (non-hydrogen) atoms. The summed E-state index contributed by atoms with van der Waals surface area (Å²) < 4.78 is 1.77. The smallest absolute Gasteiger partial charge is 0.237 e. The van der Waals surface area contributed by atoms with Crippen LogP contribution in [-0.4, -0.2) is 33.3 Å². The molecule has 3 aromatic rings. The molecule has 122 valence electrons. The fourth-order valence-electron chi connectivity index (χ4n) is 2.49. The second-order valence-corrected chi connectivity index (χ2v) is 5.23. The third kappa shape index (κ3) is 4.12. The first-order valence-corrected chi connectivity index (χ1v) is 7.30. The van der Waals surface area contributed by atoms with Crippen LogP contribution < -0.4 is 11.1 Å². The minimum Gasteiger partial charge on any atom is -0.361 e. The van der Waals surface area contributed by atoms with Gasteiger partial charge in [0.15, 0.2) is 0 Å². The molecule has 1 atom stereocenters. The molecule has 0 unspecified atom stereocenters. The molecular formula is C16H20ClN5O. The molecular weight excluding hydrogens is 314 g/mol. The van der Waals surface area contributed by atoms with E-state index < -0.39 is 6.04 Å². The fraction of sp³-hybridized carbons (Fsp3) is 0.250. The quantitative estimate of drug-likeness (QED) is 0.638. The number of fused-ring (bicyclic) bond motifs is 1. The molecule has 0 bridgehead atoms. The maximum Gasteiger partial charge on any atom is 0.237 e. The molecule has 2 aromatic heterocycles. The highest BCUT2D eigenvalue weighted by Gasteiger charge is 2.15. The molecule has 3 rings (SSSR count). The number of nitrogens with two attached hydrogens (primary N) is 1. The van der Waals surface area contributed by atoms with Gasteiger partial charge < -0.3 is 16.0 Å². The lowest BCUT2D eigenvalue weighted by Crippen LogP contribution is -2.43. The monoisotopic (exact) mass is 333 g/mol. The van der Waals surface area contributed by atoms with Gasteiger partial charge in [-0.1, -0.05) is 18.2 Å². The Morgan fingerprint density at radius 1 is 1.35 bits per heavy atom. The number of hydrogen-bond acceptors (Lipinski definition) is 3. The van der Waals surface area contributed by atoms with Crippen LogP contribution >= 0.6 is 12.4 Å². The Labute approximate surface area is 140 Å². The van der Waals surface area contributed by atoms with Gasteiger partial charge >= 0.3 is 0 Å². The minimum atomic E-state index is -0.558. The first kappa shape index (κ1) is 17.1. The third-order valence-corrected chi connectivity index (χ3v) is 3.65. The lowest BCUT2D eigenvalue weighted by Gasteiger charge is -2.12. The van der Waals surface area contributed by atoms with E-state index >= 15 is 0 Å². The van der Waals surface area contributed by atoms with Gasteiger partial charge in [0.25, 0.3) is 0 Å². The summed E-state index contributed by atoms with van der Waals surface area (Å²) in [5.41, 5.74) is 8.13. The largest absolute Gasteiger partial charge is 0.361 e.